The van der Waals surface area contributed by atoms with E-state index in [0.717, 1.165) is 30.3 Å². The first-order valence-corrected chi connectivity index (χ1v) is 6.67. The molecule has 0 aliphatic heterocycles. The minimum atomic E-state index is -0.728. The number of rotatable bonds is 5. The summed E-state index contributed by atoms with van der Waals surface area (Å²) in [6.45, 7) is 2.36. The fourth-order valence-corrected chi connectivity index (χ4v) is 1.90. The molecule has 0 aromatic heterocycles. The van der Waals surface area contributed by atoms with Crippen LogP contribution in [0.2, 0.25) is 0 Å². The summed E-state index contributed by atoms with van der Waals surface area (Å²) in [5, 5.41) is 4.59. The largest absolute Gasteiger partial charge is 0.338 e. The summed E-state index contributed by atoms with van der Waals surface area (Å²) in [4.78, 5) is 22.7. The molecule has 0 bridgehead atoms. The van der Waals surface area contributed by atoms with E-state index in [1.807, 2.05) is 6.92 Å². The van der Waals surface area contributed by atoms with Gasteiger partial charge in [-0.2, -0.15) is 0 Å². The number of carbonyl (C=O) groups is 2. The monoisotopic (exact) mass is 288 g/mol. The first-order valence-electron chi connectivity index (χ1n) is 5.68. The molecule has 0 aliphatic carbocycles. The van der Waals surface area contributed by atoms with Gasteiger partial charge in [-0.3, -0.25) is 10.1 Å². The molecule has 7 heteroatoms. The first kappa shape index (κ1) is 15.4. The van der Waals surface area contributed by atoms with Crippen molar-refractivity contribution >= 4 is 23.7 Å². The Kier molecular flexibility index (Phi) is 6.27. The number of carbonyl (C=O) groups excluding carboxylic acids is 2. The lowest BCUT2D eigenvalue weighted by Gasteiger charge is -2.06. The van der Waals surface area contributed by atoms with Crippen LogP contribution in [0.5, 0.6) is 0 Å². The van der Waals surface area contributed by atoms with Gasteiger partial charge in [0.05, 0.1) is 5.75 Å². The van der Waals surface area contributed by atoms with Gasteiger partial charge in [0.2, 0.25) is 5.91 Å². The van der Waals surface area contributed by atoms with E-state index in [0.29, 0.717) is 6.54 Å². The highest BCUT2D eigenvalue weighted by Gasteiger charge is 2.10. The predicted octanol–water partition coefficient (Wildman–Crippen LogP) is 2.29. The summed E-state index contributed by atoms with van der Waals surface area (Å²) in [5.41, 5.74) is 0. The molecule has 0 heterocycles. The van der Waals surface area contributed by atoms with Crippen LogP contribution in [-0.2, 0) is 4.79 Å². The van der Waals surface area contributed by atoms with Gasteiger partial charge in [0.1, 0.15) is 11.6 Å². The molecule has 0 spiro atoms. The van der Waals surface area contributed by atoms with Crippen LogP contribution in [0.25, 0.3) is 0 Å². The van der Waals surface area contributed by atoms with Gasteiger partial charge in [-0.05, 0) is 18.6 Å². The van der Waals surface area contributed by atoms with Gasteiger partial charge < -0.3 is 5.32 Å². The Balaban J connectivity index is 2.39. The van der Waals surface area contributed by atoms with Crippen LogP contribution >= 0.6 is 11.8 Å². The second-order valence-corrected chi connectivity index (χ2v) is 4.68. The fraction of sp³-hybridized carbons (Fsp3) is 0.333. The first-order chi connectivity index (χ1) is 9.02. The van der Waals surface area contributed by atoms with Gasteiger partial charge in [0.25, 0.3) is 0 Å². The third-order valence-electron chi connectivity index (χ3n) is 2.04. The van der Waals surface area contributed by atoms with Crippen molar-refractivity contribution in [2.45, 2.75) is 18.2 Å². The van der Waals surface area contributed by atoms with E-state index in [-0.39, 0.29) is 10.6 Å². The van der Waals surface area contributed by atoms with Gasteiger partial charge in [-0.1, -0.05) is 6.92 Å². The molecule has 0 unspecified atom stereocenters. The fourth-order valence-electron chi connectivity index (χ4n) is 1.18. The molecule has 3 amide bonds. The van der Waals surface area contributed by atoms with Crippen LogP contribution in [0, 0.1) is 11.6 Å². The Labute approximate surface area is 113 Å². The smallest absolute Gasteiger partial charge is 0.321 e. The van der Waals surface area contributed by atoms with Crippen molar-refractivity contribution in [3.63, 3.8) is 0 Å². The minimum absolute atomic E-state index is 0.123. The molecule has 0 atom stereocenters. The number of hydrogen-bond donors (Lipinski definition) is 2. The maximum Gasteiger partial charge on any atom is 0.321 e. The minimum Gasteiger partial charge on any atom is -0.338 e. The maximum absolute atomic E-state index is 13.3. The molecule has 1 aromatic rings. The zero-order valence-corrected chi connectivity index (χ0v) is 11.2. The van der Waals surface area contributed by atoms with E-state index in [9.17, 15) is 18.4 Å². The molecule has 0 aliphatic rings. The Morgan fingerprint density at radius 1 is 1.32 bits per heavy atom. The van der Waals surface area contributed by atoms with Crippen LogP contribution in [0.15, 0.2) is 23.1 Å². The summed E-state index contributed by atoms with van der Waals surface area (Å²) in [6, 6.07) is 2.53. The van der Waals surface area contributed by atoms with Gasteiger partial charge >= 0.3 is 6.03 Å². The van der Waals surface area contributed by atoms with Crippen molar-refractivity contribution in [1.82, 2.24) is 10.6 Å². The van der Waals surface area contributed by atoms with E-state index < -0.39 is 23.6 Å². The number of thioether (sulfide) groups is 1. The molecule has 2 N–H and O–H groups in total. The Morgan fingerprint density at radius 2 is 2.05 bits per heavy atom. The number of imide groups is 1. The zero-order valence-electron chi connectivity index (χ0n) is 10.3. The quantitative estimate of drug-likeness (QED) is 0.817. The van der Waals surface area contributed by atoms with Crippen molar-refractivity contribution in [3.8, 4) is 0 Å². The third kappa shape index (κ3) is 5.69. The summed E-state index contributed by atoms with van der Waals surface area (Å²) >= 11 is 0.896. The average molecular weight is 288 g/mol. The summed E-state index contributed by atoms with van der Waals surface area (Å²) < 4.78 is 25.9. The van der Waals surface area contributed by atoms with Crippen LogP contribution in [-0.4, -0.2) is 24.2 Å². The summed E-state index contributed by atoms with van der Waals surface area (Å²) in [7, 11) is 0. The SMILES string of the molecule is CCCNC(=O)NC(=O)CSc1ccc(F)cc1F. The summed E-state index contributed by atoms with van der Waals surface area (Å²) in [5.74, 6) is -2.07. The molecule has 0 saturated heterocycles. The van der Waals surface area contributed by atoms with Crippen molar-refractivity contribution in [2.24, 2.45) is 0 Å². The normalized spacial score (nSPS) is 10.1. The van der Waals surface area contributed by atoms with E-state index in [4.69, 9.17) is 0 Å². The van der Waals surface area contributed by atoms with Gasteiger partial charge in [-0.25, -0.2) is 13.6 Å². The molecule has 4 nitrogen and oxygen atoms in total. The zero-order chi connectivity index (χ0) is 14.3. The number of amides is 3. The second kappa shape index (κ2) is 7.73. The lowest BCUT2D eigenvalue weighted by molar-refractivity contribution is -0.117. The van der Waals surface area contributed by atoms with Crippen LogP contribution in [0.3, 0.4) is 0 Å². The van der Waals surface area contributed by atoms with Gasteiger partial charge in [0, 0.05) is 17.5 Å². The predicted molar refractivity (Wildman–Crippen MR) is 68.9 cm³/mol. The van der Waals surface area contributed by atoms with Crippen LogP contribution < -0.4 is 10.6 Å². The molecular weight excluding hydrogens is 274 g/mol. The van der Waals surface area contributed by atoms with E-state index in [2.05, 4.69) is 10.6 Å². The molecule has 0 radical (unpaired) electrons. The topological polar surface area (TPSA) is 58.2 Å². The van der Waals surface area contributed by atoms with Crippen molar-refractivity contribution in [2.75, 3.05) is 12.3 Å². The molecule has 0 fully saturated rings. The number of urea groups is 1. The number of benzene rings is 1. The highest BCUT2D eigenvalue weighted by atomic mass is 32.2. The van der Waals surface area contributed by atoms with Crippen LogP contribution in [0.1, 0.15) is 13.3 Å². The molecule has 104 valence electrons. The number of halogens is 2. The Bertz CT molecular complexity index is 469. The van der Waals surface area contributed by atoms with Gasteiger partial charge in [0.15, 0.2) is 0 Å². The van der Waals surface area contributed by atoms with E-state index in [1.54, 1.807) is 0 Å². The lowest BCUT2D eigenvalue weighted by Crippen LogP contribution is -2.40. The van der Waals surface area contributed by atoms with Crippen molar-refractivity contribution in [3.05, 3.63) is 29.8 Å². The van der Waals surface area contributed by atoms with Crippen molar-refractivity contribution < 1.29 is 18.4 Å². The number of hydrogen-bond acceptors (Lipinski definition) is 3. The average Bonchev–Trinajstić information content (AvgIpc) is 2.35. The molecular formula is C12H14F2N2O2S. The number of nitrogens with one attached hydrogen (secondary N) is 2. The third-order valence-corrected chi connectivity index (χ3v) is 3.09. The Morgan fingerprint density at radius 3 is 2.68 bits per heavy atom. The van der Waals surface area contributed by atoms with E-state index >= 15 is 0 Å². The molecule has 1 aromatic carbocycles. The highest BCUT2D eigenvalue weighted by Crippen LogP contribution is 2.21. The maximum atomic E-state index is 13.3. The van der Waals surface area contributed by atoms with E-state index in [1.165, 1.54) is 6.07 Å². The second-order valence-electron chi connectivity index (χ2n) is 3.67. The van der Waals surface area contributed by atoms with Crippen molar-refractivity contribution in [1.29, 1.82) is 0 Å². The molecule has 1 rings (SSSR count). The summed E-state index contributed by atoms with van der Waals surface area (Å²) in [6.07, 6.45) is 0.761. The van der Waals surface area contributed by atoms with Gasteiger partial charge in [-0.15, -0.1) is 11.8 Å². The molecule has 0 saturated carbocycles. The Hall–Kier alpha value is -1.63. The highest BCUT2D eigenvalue weighted by molar-refractivity contribution is 8.00. The molecule has 19 heavy (non-hydrogen) atoms. The van der Waals surface area contributed by atoms with Crippen LogP contribution in [0.4, 0.5) is 13.6 Å². The standard InChI is InChI=1S/C12H14F2N2O2S/c1-2-5-15-12(18)16-11(17)7-19-10-4-3-8(13)6-9(10)14/h3-4,6H,2,5,7H2,1H3,(H2,15,16,17,18). The lowest BCUT2D eigenvalue weighted by atomic mass is 10.3.